The lowest BCUT2D eigenvalue weighted by Crippen LogP contribution is -2.60. The summed E-state index contributed by atoms with van der Waals surface area (Å²) >= 11 is 0. The molecule has 0 amide bonds. The molecule has 0 aliphatic rings. The van der Waals surface area contributed by atoms with Gasteiger partial charge in [-0.1, -0.05) is 13.3 Å². The van der Waals surface area contributed by atoms with E-state index in [1.807, 2.05) is 0 Å². The molecule has 0 aromatic carbocycles. The van der Waals surface area contributed by atoms with Crippen molar-refractivity contribution in [2.24, 2.45) is 0 Å². The van der Waals surface area contributed by atoms with E-state index in [1.54, 1.807) is 0 Å². The summed E-state index contributed by atoms with van der Waals surface area (Å²) < 4.78 is 19.7. The highest BCUT2D eigenvalue weighted by Crippen LogP contribution is 2.30. The maximum Gasteiger partial charge on any atom is 0.469 e. The number of hydrogen-bond acceptors (Lipinski definition) is 3. The Morgan fingerprint density at radius 1 is 0.600 bits per heavy atom. The number of rotatable bonds is 9. The molecular weight excluding hydrogens is 316 g/mol. The van der Waals surface area contributed by atoms with Crippen LogP contribution >= 0.6 is 0 Å². The molecule has 0 unspecified atom stereocenters. The fraction of sp³-hybridized carbons (Fsp3) is 1.00. The standard InChI is InChI=1S/C13H36O3Si4/c1-11-12-13-20(14-17(2,3)4,15-18(5,6)7)16-19(8,9)10/h11-13H2,1-10H3. The van der Waals surface area contributed by atoms with Crippen molar-refractivity contribution < 1.29 is 12.3 Å². The van der Waals surface area contributed by atoms with E-state index in [9.17, 15) is 0 Å². The lowest BCUT2D eigenvalue weighted by molar-refractivity contribution is 0.250. The SMILES string of the molecule is CCCC[Si](O[Si](C)(C)C)(O[Si](C)(C)C)O[Si](C)(C)C. The fourth-order valence-electron chi connectivity index (χ4n) is 2.01. The predicted molar refractivity (Wildman–Crippen MR) is 98.8 cm³/mol. The maximum absolute atomic E-state index is 6.58. The molecule has 0 fully saturated rings. The monoisotopic (exact) mass is 352 g/mol. The van der Waals surface area contributed by atoms with E-state index in [-0.39, 0.29) is 0 Å². The fourth-order valence-corrected chi connectivity index (χ4v) is 16.8. The molecule has 0 rings (SSSR count). The van der Waals surface area contributed by atoms with E-state index in [4.69, 9.17) is 12.3 Å². The minimum Gasteiger partial charge on any atom is -0.417 e. The Bertz CT molecular complexity index is 249. The van der Waals surface area contributed by atoms with Gasteiger partial charge in [-0.25, -0.2) is 0 Å². The van der Waals surface area contributed by atoms with Gasteiger partial charge in [0.15, 0.2) is 25.0 Å². The van der Waals surface area contributed by atoms with Crippen molar-refractivity contribution >= 4 is 33.8 Å². The van der Waals surface area contributed by atoms with Crippen LogP contribution in [0.2, 0.25) is 65.0 Å². The predicted octanol–water partition coefficient (Wildman–Crippen LogP) is 5.28. The van der Waals surface area contributed by atoms with Crippen molar-refractivity contribution in [2.75, 3.05) is 0 Å². The Balaban J connectivity index is 5.38. The molecule has 7 heteroatoms. The van der Waals surface area contributed by atoms with Gasteiger partial charge in [-0.2, -0.15) is 0 Å². The molecule has 0 atom stereocenters. The molecule has 0 saturated carbocycles. The molecule has 0 aromatic rings. The summed E-state index contributed by atoms with van der Waals surface area (Å²) in [6, 6.07) is 0.975. The molecule has 0 spiro atoms. The van der Waals surface area contributed by atoms with Gasteiger partial charge < -0.3 is 12.3 Å². The third-order valence-corrected chi connectivity index (χ3v) is 14.3. The van der Waals surface area contributed by atoms with Crippen LogP contribution in [0.4, 0.5) is 0 Å². The maximum atomic E-state index is 6.58. The van der Waals surface area contributed by atoms with E-state index in [1.165, 1.54) is 0 Å². The summed E-state index contributed by atoms with van der Waals surface area (Å²) in [4.78, 5) is 0. The first kappa shape index (κ1) is 20.7. The molecule has 3 nitrogen and oxygen atoms in total. The molecular formula is C13H36O3Si4. The first-order chi connectivity index (χ1) is 8.68. The highest BCUT2D eigenvalue weighted by Gasteiger charge is 2.49. The van der Waals surface area contributed by atoms with Gasteiger partial charge in [0.2, 0.25) is 0 Å². The van der Waals surface area contributed by atoms with Crippen LogP contribution in [-0.4, -0.2) is 33.8 Å². The minimum absolute atomic E-state index is 0.975. The molecule has 0 bridgehead atoms. The highest BCUT2D eigenvalue weighted by molar-refractivity contribution is 6.90. The largest absolute Gasteiger partial charge is 0.469 e. The molecule has 0 aliphatic heterocycles. The van der Waals surface area contributed by atoms with Gasteiger partial charge in [-0.15, -0.1) is 0 Å². The molecule has 0 aromatic heterocycles. The van der Waals surface area contributed by atoms with Gasteiger partial charge >= 0.3 is 8.80 Å². The second-order valence-corrected chi connectivity index (χ2v) is 25.4. The quantitative estimate of drug-likeness (QED) is 0.528. The van der Waals surface area contributed by atoms with Gasteiger partial charge in [-0.3, -0.25) is 0 Å². The Morgan fingerprint density at radius 2 is 0.900 bits per heavy atom. The van der Waals surface area contributed by atoms with E-state index < -0.39 is 33.8 Å². The van der Waals surface area contributed by atoms with Crippen LogP contribution in [0.3, 0.4) is 0 Å². The van der Waals surface area contributed by atoms with E-state index in [0.29, 0.717) is 0 Å². The summed E-state index contributed by atoms with van der Waals surface area (Å²) in [5.74, 6) is 0. The van der Waals surface area contributed by atoms with Crippen LogP contribution in [0.25, 0.3) is 0 Å². The topological polar surface area (TPSA) is 27.7 Å². The van der Waals surface area contributed by atoms with Gasteiger partial charge in [0.25, 0.3) is 0 Å². The summed E-state index contributed by atoms with van der Waals surface area (Å²) in [6.45, 7) is 22.4. The average Bonchev–Trinajstić information content (AvgIpc) is 2.05. The van der Waals surface area contributed by atoms with Crippen molar-refractivity contribution in [1.29, 1.82) is 0 Å². The second-order valence-electron chi connectivity index (χ2n) is 8.43. The van der Waals surface area contributed by atoms with E-state index in [0.717, 1.165) is 18.9 Å². The molecule has 0 N–H and O–H groups in total. The van der Waals surface area contributed by atoms with Crippen molar-refractivity contribution in [1.82, 2.24) is 0 Å². The van der Waals surface area contributed by atoms with Crippen LogP contribution in [0.5, 0.6) is 0 Å². The van der Waals surface area contributed by atoms with Gasteiger partial charge in [-0.05, 0) is 65.3 Å². The molecule has 0 radical (unpaired) electrons. The summed E-state index contributed by atoms with van der Waals surface area (Å²) in [6.07, 6.45) is 2.29. The lowest BCUT2D eigenvalue weighted by Gasteiger charge is -2.42. The number of unbranched alkanes of at least 4 members (excludes halogenated alkanes) is 1. The Hall–Kier alpha value is 0.748. The molecule has 20 heavy (non-hydrogen) atoms. The van der Waals surface area contributed by atoms with Crippen LogP contribution in [0.1, 0.15) is 19.8 Å². The zero-order valence-electron chi connectivity index (χ0n) is 15.3. The zero-order chi connectivity index (χ0) is 16.2. The lowest BCUT2D eigenvalue weighted by atomic mass is 10.4. The van der Waals surface area contributed by atoms with Crippen LogP contribution < -0.4 is 0 Å². The van der Waals surface area contributed by atoms with E-state index >= 15 is 0 Å². The normalized spacial score (nSPS) is 14.7. The summed E-state index contributed by atoms with van der Waals surface area (Å²) in [5.41, 5.74) is 0. The second kappa shape index (κ2) is 7.34. The van der Waals surface area contributed by atoms with Crippen molar-refractivity contribution in [3.8, 4) is 0 Å². The Labute approximate surface area is 131 Å². The van der Waals surface area contributed by atoms with Crippen LogP contribution in [0.15, 0.2) is 0 Å². The average molecular weight is 353 g/mol. The van der Waals surface area contributed by atoms with Crippen LogP contribution in [-0.2, 0) is 12.3 Å². The van der Waals surface area contributed by atoms with Crippen LogP contribution in [0, 0.1) is 0 Å². The third-order valence-electron chi connectivity index (χ3n) is 2.22. The minimum atomic E-state index is -2.54. The third kappa shape index (κ3) is 10.5. The highest BCUT2D eigenvalue weighted by atomic mass is 28.5. The first-order valence-corrected chi connectivity index (χ1v) is 19.9. The van der Waals surface area contributed by atoms with Gasteiger partial charge in [0, 0.05) is 6.04 Å². The van der Waals surface area contributed by atoms with Crippen molar-refractivity contribution in [2.45, 2.75) is 84.7 Å². The van der Waals surface area contributed by atoms with Crippen molar-refractivity contribution in [3.63, 3.8) is 0 Å². The number of hydrogen-bond donors (Lipinski definition) is 0. The summed E-state index contributed by atoms with van der Waals surface area (Å²) in [7, 11) is -7.60. The smallest absolute Gasteiger partial charge is 0.417 e. The van der Waals surface area contributed by atoms with Gasteiger partial charge in [0.1, 0.15) is 0 Å². The Morgan fingerprint density at radius 3 is 1.10 bits per heavy atom. The first-order valence-electron chi connectivity index (χ1n) is 7.79. The molecule has 0 saturated heterocycles. The Kier molecular flexibility index (Phi) is 7.62. The van der Waals surface area contributed by atoms with Crippen molar-refractivity contribution in [3.05, 3.63) is 0 Å². The zero-order valence-corrected chi connectivity index (χ0v) is 19.3. The van der Waals surface area contributed by atoms with E-state index in [2.05, 4.69) is 65.8 Å². The van der Waals surface area contributed by atoms with Gasteiger partial charge in [0.05, 0.1) is 0 Å². The molecule has 122 valence electrons. The molecule has 0 aliphatic carbocycles. The molecule has 0 heterocycles. The summed E-state index contributed by atoms with van der Waals surface area (Å²) in [5, 5.41) is 0.